The summed E-state index contributed by atoms with van der Waals surface area (Å²) in [7, 11) is 0. The van der Waals surface area contributed by atoms with E-state index in [2.05, 4.69) is 13.8 Å². The number of nitrogens with zero attached hydrogens (tertiary/aromatic N) is 1. The maximum absolute atomic E-state index is 11.8. The third-order valence-electron chi connectivity index (χ3n) is 3.84. The van der Waals surface area contributed by atoms with E-state index in [1.54, 1.807) is 0 Å². The van der Waals surface area contributed by atoms with E-state index in [0.29, 0.717) is 5.91 Å². The van der Waals surface area contributed by atoms with E-state index in [0.717, 1.165) is 31.8 Å². The standard InChI is InChI=1S/C14H27NO/c1-3-15(4-2)14(16)12-8-11-13-9-6-5-7-10-13/h13H,3-12H2,1-2H3. The third kappa shape index (κ3) is 4.54. The zero-order valence-corrected chi connectivity index (χ0v) is 11.0. The monoisotopic (exact) mass is 225 g/mol. The molecule has 16 heavy (non-hydrogen) atoms. The molecule has 2 heteroatoms. The highest BCUT2D eigenvalue weighted by atomic mass is 16.2. The average Bonchev–Trinajstić information content (AvgIpc) is 2.32. The largest absolute Gasteiger partial charge is 0.343 e. The van der Waals surface area contributed by atoms with Crippen LogP contribution in [-0.4, -0.2) is 23.9 Å². The molecule has 94 valence electrons. The van der Waals surface area contributed by atoms with Gasteiger partial charge in [0.05, 0.1) is 0 Å². The number of rotatable bonds is 6. The lowest BCUT2D eigenvalue weighted by molar-refractivity contribution is -0.130. The maximum atomic E-state index is 11.8. The fraction of sp³-hybridized carbons (Fsp3) is 0.929. The number of carbonyl (C=O) groups excluding carboxylic acids is 1. The van der Waals surface area contributed by atoms with Gasteiger partial charge in [0.1, 0.15) is 0 Å². The lowest BCUT2D eigenvalue weighted by Gasteiger charge is -2.22. The third-order valence-corrected chi connectivity index (χ3v) is 3.84. The SMILES string of the molecule is CCN(CC)C(=O)CCCC1CCCCC1. The van der Waals surface area contributed by atoms with Crippen molar-refractivity contribution in [2.24, 2.45) is 5.92 Å². The van der Waals surface area contributed by atoms with Crippen LogP contribution in [0.25, 0.3) is 0 Å². The number of hydrogen-bond acceptors (Lipinski definition) is 1. The Balaban J connectivity index is 2.11. The molecule has 1 amide bonds. The average molecular weight is 225 g/mol. The molecule has 0 aromatic carbocycles. The lowest BCUT2D eigenvalue weighted by Crippen LogP contribution is -2.30. The predicted molar refractivity (Wildman–Crippen MR) is 68.4 cm³/mol. The Morgan fingerprint density at radius 1 is 1.12 bits per heavy atom. The molecule has 0 aromatic rings. The molecule has 0 saturated heterocycles. The molecule has 0 aromatic heterocycles. The summed E-state index contributed by atoms with van der Waals surface area (Å²) >= 11 is 0. The van der Waals surface area contributed by atoms with Crippen molar-refractivity contribution in [2.45, 2.75) is 65.2 Å². The number of carbonyl (C=O) groups is 1. The van der Waals surface area contributed by atoms with Crippen LogP contribution in [0.2, 0.25) is 0 Å². The highest BCUT2D eigenvalue weighted by Gasteiger charge is 2.14. The Hall–Kier alpha value is -0.530. The summed E-state index contributed by atoms with van der Waals surface area (Å²) in [5.41, 5.74) is 0. The molecule has 1 aliphatic carbocycles. The summed E-state index contributed by atoms with van der Waals surface area (Å²) in [5.74, 6) is 1.26. The van der Waals surface area contributed by atoms with Crippen LogP contribution in [0.1, 0.15) is 65.2 Å². The minimum atomic E-state index is 0.348. The molecule has 0 aliphatic heterocycles. The summed E-state index contributed by atoms with van der Waals surface area (Å²) in [5, 5.41) is 0. The van der Waals surface area contributed by atoms with Gasteiger partial charge < -0.3 is 4.90 Å². The first-order valence-corrected chi connectivity index (χ1v) is 7.05. The normalized spacial score (nSPS) is 17.4. The van der Waals surface area contributed by atoms with Crippen molar-refractivity contribution in [2.75, 3.05) is 13.1 Å². The smallest absolute Gasteiger partial charge is 0.222 e. The van der Waals surface area contributed by atoms with Crippen molar-refractivity contribution in [3.05, 3.63) is 0 Å². The van der Waals surface area contributed by atoms with E-state index in [1.807, 2.05) is 4.90 Å². The molecule has 2 nitrogen and oxygen atoms in total. The second-order valence-electron chi connectivity index (χ2n) is 4.96. The van der Waals surface area contributed by atoms with Crippen LogP contribution >= 0.6 is 0 Å². The summed E-state index contributed by atoms with van der Waals surface area (Å²) in [4.78, 5) is 13.7. The minimum Gasteiger partial charge on any atom is -0.343 e. The van der Waals surface area contributed by atoms with E-state index >= 15 is 0 Å². The molecule has 0 N–H and O–H groups in total. The molecule has 0 bridgehead atoms. The molecule has 1 rings (SSSR count). The first-order valence-electron chi connectivity index (χ1n) is 7.05. The first kappa shape index (κ1) is 13.5. The minimum absolute atomic E-state index is 0.348. The van der Waals surface area contributed by atoms with Crippen LogP contribution < -0.4 is 0 Å². The maximum Gasteiger partial charge on any atom is 0.222 e. The van der Waals surface area contributed by atoms with Crippen LogP contribution in [0.15, 0.2) is 0 Å². The molecule has 1 saturated carbocycles. The highest BCUT2D eigenvalue weighted by Crippen LogP contribution is 2.27. The lowest BCUT2D eigenvalue weighted by atomic mass is 9.86. The van der Waals surface area contributed by atoms with Crippen LogP contribution in [0, 0.1) is 5.92 Å². The van der Waals surface area contributed by atoms with Crippen molar-refractivity contribution >= 4 is 5.91 Å². The molecule has 0 spiro atoms. The zero-order valence-electron chi connectivity index (χ0n) is 11.0. The van der Waals surface area contributed by atoms with Gasteiger partial charge in [-0.15, -0.1) is 0 Å². The van der Waals surface area contributed by atoms with Gasteiger partial charge in [-0.25, -0.2) is 0 Å². The van der Waals surface area contributed by atoms with Crippen molar-refractivity contribution < 1.29 is 4.79 Å². The quantitative estimate of drug-likeness (QED) is 0.676. The van der Waals surface area contributed by atoms with Crippen LogP contribution in [0.5, 0.6) is 0 Å². The van der Waals surface area contributed by atoms with Crippen LogP contribution in [0.4, 0.5) is 0 Å². The van der Waals surface area contributed by atoms with Gasteiger partial charge in [-0.2, -0.15) is 0 Å². The van der Waals surface area contributed by atoms with Gasteiger partial charge >= 0.3 is 0 Å². The molecule has 1 fully saturated rings. The topological polar surface area (TPSA) is 20.3 Å². The van der Waals surface area contributed by atoms with Gasteiger partial charge in [-0.3, -0.25) is 4.79 Å². The summed E-state index contributed by atoms with van der Waals surface area (Å²) in [6.07, 6.45) is 10.2. The fourth-order valence-electron chi connectivity index (χ4n) is 2.75. The molecular weight excluding hydrogens is 198 g/mol. The van der Waals surface area contributed by atoms with E-state index in [1.165, 1.54) is 38.5 Å². The highest BCUT2D eigenvalue weighted by molar-refractivity contribution is 5.76. The van der Waals surface area contributed by atoms with Gasteiger partial charge in [-0.05, 0) is 32.6 Å². The molecule has 0 atom stereocenters. The Morgan fingerprint density at radius 2 is 1.75 bits per heavy atom. The van der Waals surface area contributed by atoms with E-state index in [9.17, 15) is 4.79 Å². The van der Waals surface area contributed by atoms with Crippen molar-refractivity contribution in [3.8, 4) is 0 Å². The van der Waals surface area contributed by atoms with Crippen LogP contribution in [-0.2, 0) is 4.79 Å². The van der Waals surface area contributed by atoms with Crippen molar-refractivity contribution in [1.82, 2.24) is 4.90 Å². The molecule has 0 heterocycles. The number of hydrogen-bond donors (Lipinski definition) is 0. The molecular formula is C14H27NO. The second kappa shape index (κ2) is 7.70. The van der Waals surface area contributed by atoms with Crippen molar-refractivity contribution in [1.29, 1.82) is 0 Å². The molecule has 1 aliphatic rings. The Labute approximate surface area is 100 Å². The van der Waals surface area contributed by atoms with Gasteiger partial charge in [0.2, 0.25) is 5.91 Å². The summed E-state index contributed by atoms with van der Waals surface area (Å²) in [6.45, 7) is 5.84. The Kier molecular flexibility index (Phi) is 6.51. The van der Waals surface area contributed by atoms with Gasteiger partial charge in [0.15, 0.2) is 0 Å². The number of amides is 1. The first-order chi connectivity index (χ1) is 7.77. The molecule has 0 radical (unpaired) electrons. The predicted octanol–water partition coefficient (Wildman–Crippen LogP) is 3.61. The summed E-state index contributed by atoms with van der Waals surface area (Å²) in [6, 6.07) is 0. The zero-order chi connectivity index (χ0) is 11.8. The van der Waals surface area contributed by atoms with Gasteiger partial charge in [-0.1, -0.05) is 32.1 Å². The van der Waals surface area contributed by atoms with E-state index in [-0.39, 0.29) is 0 Å². The van der Waals surface area contributed by atoms with Gasteiger partial charge in [0.25, 0.3) is 0 Å². The van der Waals surface area contributed by atoms with Crippen LogP contribution in [0.3, 0.4) is 0 Å². The van der Waals surface area contributed by atoms with Crippen molar-refractivity contribution in [3.63, 3.8) is 0 Å². The Morgan fingerprint density at radius 3 is 2.31 bits per heavy atom. The second-order valence-corrected chi connectivity index (χ2v) is 4.96. The summed E-state index contributed by atoms with van der Waals surface area (Å²) < 4.78 is 0. The fourth-order valence-corrected chi connectivity index (χ4v) is 2.75. The Bertz CT molecular complexity index is 193. The van der Waals surface area contributed by atoms with E-state index in [4.69, 9.17) is 0 Å². The van der Waals surface area contributed by atoms with Gasteiger partial charge in [0, 0.05) is 19.5 Å². The van der Waals surface area contributed by atoms with E-state index < -0.39 is 0 Å². The molecule has 0 unspecified atom stereocenters.